The van der Waals surface area contributed by atoms with Crippen molar-refractivity contribution in [2.24, 2.45) is 11.8 Å². The molecule has 2 atom stereocenters. The highest BCUT2D eigenvalue weighted by Crippen LogP contribution is 2.29. The van der Waals surface area contributed by atoms with Crippen LogP contribution in [0.1, 0.15) is 32.6 Å². The van der Waals surface area contributed by atoms with Gasteiger partial charge in [0.1, 0.15) is 0 Å². The first-order valence-electron chi connectivity index (χ1n) is 6.69. The molecule has 18 heavy (non-hydrogen) atoms. The molecule has 0 spiro atoms. The van der Waals surface area contributed by atoms with E-state index in [9.17, 15) is 9.59 Å². The highest BCUT2D eigenvalue weighted by molar-refractivity contribution is 7.99. The Labute approximate surface area is 112 Å². The summed E-state index contributed by atoms with van der Waals surface area (Å²) in [5.41, 5.74) is 0. The van der Waals surface area contributed by atoms with Gasteiger partial charge in [0.05, 0.1) is 5.92 Å². The monoisotopic (exact) mass is 271 g/mol. The maximum Gasteiger partial charge on any atom is 0.308 e. The molecule has 0 aliphatic carbocycles. The number of thioether (sulfide) groups is 1. The van der Waals surface area contributed by atoms with Crippen molar-refractivity contribution >= 4 is 23.6 Å². The number of aliphatic carboxylic acids is 1. The van der Waals surface area contributed by atoms with Gasteiger partial charge in [0.15, 0.2) is 0 Å². The van der Waals surface area contributed by atoms with Crippen LogP contribution in [0.15, 0.2) is 0 Å². The van der Waals surface area contributed by atoms with Gasteiger partial charge in [0.25, 0.3) is 0 Å². The van der Waals surface area contributed by atoms with Gasteiger partial charge >= 0.3 is 5.97 Å². The molecule has 2 aliphatic heterocycles. The molecule has 0 aromatic heterocycles. The van der Waals surface area contributed by atoms with Crippen molar-refractivity contribution in [3.8, 4) is 0 Å². The molecule has 2 rings (SSSR count). The lowest BCUT2D eigenvalue weighted by Crippen LogP contribution is -2.38. The quantitative estimate of drug-likeness (QED) is 0.851. The molecule has 2 saturated heterocycles. The fraction of sp³-hybridized carbons (Fsp3) is 0.846. The lowest BCUT2D eigenvalue weighted by atomic mass is 9.97. The second-order valence-corrected chi connectivity index (χ2v) is 6.55. The normalized spacial score (nSPS) is 29.5. The minimum atomic E-state index is -0.771. The Morgan fingerprint density at radius 3 is 2.50 bits per heavy atom. The number of likely N-dealkylation sites (tertiary alicyclic amines) is 1. The van der Waals surface area contributed by atoms with E-state index in [0.717, 1.165) is 24.3 Å². The molecule has 0 bridgehead atoms. The Balaban J connectivity index is 1.87. The van der Waals surface area contributed by atoms with Crippen molar-refractivity contribution in [2.45, 2.75) is 38.6 Å². The summed E-state index contributed by atoms with van der Waals surface area (Å²) < 4.78 is 0. The highest BCUT2D eigenvalue weighted by atomic mass is 32.2. The van der Waals surface area contributed by atoms with Crippen LogP contribution in [-0.2, 0) is 9.59 Å². The summed E-state index contributed by atoms with van der Waals surface area (Å²) >= 11 is 1.96. The zero-order chi connectivity index (χ0) is 13.1. The van der Waals surface area contributed by atoms with Crippen LogP contribution in [0.2, 0.25) is 0 Å². The third-order valence-electron chi connectivity index (χ3n) is 4.20. The molecule has 0 saturated carbocycles. The van der Waals surface area contributed by atoms with Crippen LogP contribution >= 0.6 is 11.8 Å². The van der Waals surface area contributed by atoms with E-state index in [1.807, 2.05) is 18.7 Å². The van der Waals surface area contributed by atoms with E-state index >= 15 is 0 Å². The van der Waals surface area contributed by atoms with Gasteiger partial charge in [-0.25, -0.2) is 0 Å². The molecule has 2 aliphatic rings. The van der Waals surface area contributed by atoms with Gasteiger partial charge in [-0.1, -0.05) is 0 Å². The summed E-state index contributed by atoms with van der Waals surface area (Å²) in [5.74, 6) is 1.83. The van der Waals surface area contributed by atoms with Crippen LogP contribution in [0.4, 0.5) is 0 Å². The number of carboxylic acids is 1. The molecule has 0 aromatic rings. The highest BCUT2D eigenvalue weighted by Gasteiger charge is 2.38. The molecule has 1 amide bonds. The number of amides is 1. The molecule has 1 N–H and O–H groups in total. The van der Waals surface area contributed by atoms with Gasteiger partial charge in [-0.15, -0.1) is 0 Å². The van der Waals surface area contributed by atoms with Crippen molar-refractivity contribution in [3.05, 3.63) is 0 Å². The predicted molar refractivity (Wildman–Crippen MR) is 71.6 cm³/mol. The van der Waals surface area contributed by atoms with Gasteiger partial charge in [-0.3, -0.25) is 9.59 Å². The number of nitrogens with zero attached hydrogens (tertiary/aromatic N) is 1. The SMILES string of the molecule is CC1C(C(=O)O)CCN1C(=O)CC1CCSCC1. The van der Waals surface area contributed by atoms with Crippen LogP contribution in [0.3, 0.4) is 0 Å². The number of carbonyl (C=O) groups is 2. The molecular formula is C13H21NO3S. The lowest BCUT2D eigenvalue weighted by Gasteiger charge is -2.27. The number of rotatable bonds is 3. The second kappa shape index (κ2) is 5.95. The smallest absolute Gasteiger partial charge is 0.308 e. The first-order chi connectivity index (χ1) is 8.59. The molecule has 2 unspecified atom stereocenters. The van der Waals surface area contributed by atoms with Crippen LogP contribution < -0.4 is 0 Å². The van der Waals surface area contributed by atoms with Crippen LogP contribution in [0.25, 0.3) is 0 Å². The Bertz CT molecular complexity index is 328. The molecule has 2 fully saturated rings. The van der Waals surface area contributed by atoms with Crippen LogP contribution in [0, 0.1) is 11.8 Å². The van der Waals surface area contributed by atoms with E-state index in [1.54, 1.807) is 4.90 Å². The summed E-state index contributed by atoms with van der Waals surface area (Å²) in [6.45, 7) is 2.47. The maximum atomic E-state index is 12.2. The minimum absolute atomic E-state index is 0.145. The molecule has 4 nitrogen and oxygen atoms in total. The Hall–Kier alpha value is -0.710. The standard InChI is InChI=1S/C13H21NO3S/c1-9-11(13(16)17)2-5-14(9)12(15)8-10-3-6-18-7-4-10/h9-11H,2-8H2,1H3,(H,16,17). The number of carbonyl (C=O) groups excluding carboxylic acids is 1. The van der Waals surface area contributed by atoms with E-state index in [4.69, 9.17) is 5.11 Å². The average molecular weight is 271 g/mol. The summed E-state index contributed by atoms with van der Waals surface area (Å²) in [4.78, 5) is 25.0. The predicted octanol–water partition coefficient (Wildman–Crippen LogP) is 1.84. The first-order valence-corrected chi connectivity index (χ1v) is 7.85. The van der Waals surface area contributed by atoms with Crippen LogP contribution in [0.5, 0.6) is 0 Å². The fourth-order valence-electron chi connectivity index (χ4n) is 2.94. The molecular weight excluding hydrogens is 250 g/mol. The molecule has 102 valence electrons. The van der Waals surface area contributed by atoms with E-state index in [1.165, 1.54) is 0 Å². The van der Waals surface area contributed by atoms with Crippen molar-refractivity contribution in [1.29, 1.82) is 0 Å². The third kappa shape index (κ3) is 2.99. The number of carboxylic acid groups (broad SMARTS) is 1. The summed E-state index contributed by atoms with van der Waals surface area (Å²) in [6.07, 6.45) is 3.46. The summed E-state index contributed by atoms with van der Waals surface area (Å²) in [5, 5.41) is 9.06. The van der Waals surface area contributed by atoms with Gasteiger partial charge in [0.2, 0.25) is 5.91 Å². The Kier molecular flexibility index (Phi) is 4.54. The van der Waals surface area contributed by atoms with Gasteiger partial charge in [-0.2, -0.15) is 11.8 Å². The van der Waals surface area contributed by atoms with Crippen molar-refractivity contribution in [2.75, 3.05) is 18.1 Å². The van der Waals surface area contributed by atoms with Gasteiger partial charge in [0, 0.05) is 19.0 Å². The summed E-state index contributed by atoms with van der Waals surface area (Å²) in [7, 11) is 0. The average Bonchev–Trinajstić information content (AvgIpc) is 2.72. The van der Waals surface area contributed by atoms with Crippen molar-refractivity contribution in [1.82, 2.24) is 4.90 Å². The molecule has 0 radical (unpaired) electrons. The maximum absolute atomic E-state index is 12.2. The summed E-state index contributed by atoms with van der Waals surface area (Å²) in [6, 6.07) is -0.145. The molecule has 2 heterocycles. The van der Waals surface area contributed by atoms with Gasteiger partial charge < -0.3 is 10.0 Å². The van der Waals surface area contributed by atoms with Gasteiger partial charge in [-0.05, 0) is 43.6 Å². The largest absolute Gasteiger partial charge is 0.481 e. The van der Waals surface area contributed by atoms with Crippen LogP contribution in [-0.4, -0.2) is 46.0 Å². The number of hydrogen-bond donors (Lipinski definition) is 1. The Morgan fingerprint density at radius 1 is 1.28 bits per heavy atom. The zero-order valence-electron chi connectivity index (χ0n) is 10.8. The van der Waals surface area contributed by atoms with Crippen molar-refractivity contribution in [3.63, 3.8) is 0 Å². The van der Waals surface area contributed by atoms with Crippen molar-refractivity contribution < 1.29 is 14.7 Å². The van der Waals surface area contributed by atoms with E-state index in [-0.39, 0.29) is 17.9 Å². The first kappa shape index (κ1) is 13.7. The van der Waals surface area contributed by atoms with E-state index < -0.39 is 5.97 Å². The number of hydrogen-bond acceptors (Lipinski definition) is 3. The second-order valence-electron chi connectivity index (χ2n) is 5.32. The topological polar surface area (TPSA) is 57.6 Å². The zero-order valence-corrected chi connectivity index (χ0v) is 11.6. The lowest BCUT2D eigenvalue weighted by molar-refractivity contribution is -0.143. The van der Waals surface area contributed by atoms with E-state index in [2.05, 4.69) is 0 Å². The fourth-order valence-corrected chi connectivity index (χ4v) is 4.14. The minimum Gasteiger partial charge on any atom is -0.481 e. The van der Waals surface area contributed by atoms with E-state index in [0.29, 0.717) is 25.3 Å². The molecule has 5 heteroatoms. The molecule has 0 aromatic carbocycles. The third-order valence-corrected chi connectivity index (χ3v) is 5.25. The Morgan fingerprint density at radius 2 is 1.94 bits per heavy atom.